The summed E-state index contributed by atoms with van der Waals surface area (Å²) >= 11 is 0. The molecule has 2 heteroatoms. The zero-order valence-corrected chi connectivity index (χ0v) is 10.4. The average Bonchev–Trinajstić information content (AvgIpc) is 2.23. The number of hydrogen-bond acceptors (Lipinski definition) is 2. The Hall–Kier alpha value is -1.02. The fraction of sp³-hybridized carbons (Fsp3) is 0.571. The first-order valence-electron chi connectivity index (χ1n) is 6.03. The topological polar surface area (TPSA) is 35.2 Å². The average molecular weight is 219 g/mol. The molecule has 0 bridgehead atoms. The molecule has 2 nitrogen and oxygen atoms in total. The first-order valence-corrected chi connectivity index (χ1v) is 6.03. The first-order chi connectivity index (χ1) is 7.69. The van der Waals surface area contributed by atoms with Crippen molar-refractivity contribution in [2.45, 2.75) is 32.6 Å². The van der Waals surface area contributed by atoms with Crippen LogP contribution in [0.3, 0.4) is 0 Å². The van der Waals surface area contributed by atoms with Gasteiger partial charge in [-0.05, 0) is 61.8 Å². The van der Waals surface area contributed by atoms with E-state index < -0.39 is 0 Å². The van der Waals surface area contributed by atoms with Crippen LogP contribution >= 0.6 is 0 Å². The largest absolute Gasteiger partial charge is 0.496 e. The zero-order valence-electron chi connectivity index (χ0n) is 10.4. The molecule has 1 aromatic rings. The van der Waals surface area contributed by atoms with Gasteiger partial charge in [0.05, 0.1) is 7.11 Å². The second kappa shape index (κ2) is 4.46. The maximum Gasteiger partial charge on any atom is 0.125 e. The lowest BCUT2D eigenvalue weighted by molar-refractivity contribution is 0.256. The highest BCUT2D eigenvalue weighted by atomic mass is 16.5. The van der Waals surface area contributed by atoms with Crippen LogP contribution in [0.2, 0.25) is 0 Å². The van der Waals surface area contributed by atoms with E-state index >= 15 is 0 Å². The summed E-state index contributed by atoms with van der Waals surface area (Å²) in [4.78, 5) is 0. The van der Waals surface area contributed by atoms with Gasteiger partial charge in [-0.2, -0.15) is 0 Å². The van der Waals surface area contributed by atoms with Gasteiger partial charge in [0, 0.05) is 0 Å². The molecule has 1 fully saturated rings. The summed E-state index contributed by atoms with van der Waals surface area (Å²) < 4.78 is 5.57. The second-order valence-corrected chi connectivity index (χ2v) is 4.81. The molecule has 88 valence electrons. The molecule has 0 spiro atoms. The van der Waals surface area contributed by atoms with Gasteiger partial charge in [0.2, 0.25) is 0 Å². The van der Waals surface area contributed by atoms with Crippen LogP contribution in [-0.2, 0) is 0 Å². The number of ether oxygens (including phenoxy) is 1. The summed E-state index contributed by atoms with van der Waals surface area (Å²) in [5.74, 6) is 2.33. The monoisotopic (exact) mass is 219 g/mol. The number of nitrogens with two attached hydrogens (primary N) is 1. The molecule has 2 rings (SSSR count). The van der Waals surface area contributed by atoms with Gasteiger partial charge < -0.3 is 10.5 Å². The minimum atomic E-state index is 0.610. The smallest absolute Gasteiger partial charge is 0.125 e. The summed E-state index contributed by atoms with van der Waals surface area (Å²) in [6.45, 7) is 5.05. The van der Waals surface area contributed by atoms with Crippen LogP contribution in [0.5, 0.6) is 5.75 Å². The van der Waals surface area contributed by atoms with E-state index in [-0.39, 0.29) is 0 Å². The third-order valence-corrected chi connectivity index (χ3v) is 4.03. The Morgan fingerprint density at radius 1 is 1.31 bits per heavy atom. The van der Waals surface area contributed by atoms with Crippen LogP contribution in [0, 0.1) is 19.8 Å². The molecule has 2 N–H and O–H groups in total. The molecule has 1 aliphatic carbocycles. The normalized spacial score (nSPS) is 24.0. The highest BCUT2D eigenvalue weighted by molar-refractivity contribution is 5.47. The van der Waals surface area contributed by atoms with E-state index in [0.717, 1.165) is 12.3 Å². The summed E-state index contributed by atoms with van der Waals surface area (Å²) in [6.07, 6.45) is 2.51. The quantitative estimate of drug-likeness (QED) is 0.848. The second-order valence-electron chi connectivity index (χ2n) is 4.81. The van der Waals surface area contributed by atoms with Crippen molar-refractivity contribution in [2.75, 3.05) is 13.7 Å². The highest BCUT2D eigenvalue weighted by Gasteiger charge is 2.33. The van der Waals surface area contributed by atoms with E-state index in [4.69, 9.17) is 10.5 Å². The molecular formula is C14H21NO. The van der Waals surface area contributed by atoms with Gasteiger partial charge in [-0.1, -0.05) is 12.1 Å². The Balaban J connectivity index is 2.37. The van der Waals surface area contributed by atoms with Crippen LogP contribution in [-0.4, -0.2) is 13.7 Å². The molecule has 1 saturated carbocycles. The van der Waals surface area contributed by atoms with Gasteiger partial charge in [0.25, 0.3) is 0 Å². The third kappa shape index (κ3) is 1.71. The van der Waals surface area contributed by atoms with Crippen molar-refractivity contribution in [3.63, 3.8) is 0 Å². The summed E-state index contributed by atoms with van der Waals surface area (Å²) in [7, 11) is 1.77. The molecule has 1 aliphatic rings. The van der Waals surface area contributed by atoms with Crippen molar-refractivity contribution in [1.82, 2.24) is 0 Å². The van der Waals surface area contributed by atoms with Gasteiger partial charge in [-0.3, -0.25) is 0 Å². The summed E-state index contributed by atoms with van der Waals surface area (Å²) in [5, 5.41) is 0. The van der Waals surface area contributed by atoms with Crippen molar-refractivity contribution in [2.24, 2.45) is 11.7 Å². The molecule has 0 amide bonds. The minimum absolute atomic E-state index is 0.610. The SMILES string of the molecule is COc1c(C2CCC2CN)ccc(C)c1C. The Labute approximate surface area is 97.8 Å². The maximum absolute atomic E-state index is 5.78. The molecule has 0 saturated heterocycles. The number of aryl methyl sites for hydroxylation is 1. The van der Waals surface area contributed by atoms with Crippen molar-refractivity contribution >= 4 is 0 Å². The fourth-order valence-corrected chi connectivity index (χ4v) is 2.63. The zero-order chi connectivity index (χ0) is 11.7. The summed E-state index contributed by atoms with van der Waals surface area (Å²) in [5.41, 5.74) is 9.70. The fourth-order valence-electron chi connectivity index (χ4n) is 2.63. The molecule has 2 unspecified atom stereocenters. The van der Waals surface area contributed by atoms with Crippen molar-refractivity contribution in [1.29, 1.82) is 0 Å². The number of benzene rings is 1. The molecule has 0 radical (unpaired) electrons. The lowest BCUT2D eigenvalue weighted by Gasteiger charge is -2.37. The van der Waals surface area contributed by atoms with Crippen molar-refractivity contribution in [3.05, 3.63) is 28.8 Å². The summed E-state index contributed by atoms with van der Waals surface area (Å²) in [6, 6.07) is 4.41. The Bertz CT molecular complexity index is 385. The van der Waals surface area contributed by atoms with E-state index in [2.05, 4.69) is 26.0 Å². The Kier molecular flexibility index (Phi) is 3.20. The van der Waals surface area contributed by atoms with Crippen LogP contribution in [0.4, 0.5) is 0 Å². The van der Waals surface area contributed by atoms with Crippen LogP contribution in [0.15, 0.2) is 12.1 Å². The third-order valence-electron chi connectivity index (χ3n) is 4.03. The molecule has 0 aromatic heterocycles. The highest BCUT2D eigenvalue weighted by Crippen LogP contribution is 2.46. The predicted molar refractivity (Wildman–Crippen MR) is 67.0 cm³/mol. The number of rotatable bonds is 3. The van der Waals surface area contributed by atoms with Crippen LogP contribution < -0.4 is 10.5 Å². The standard InChI is InChI=1S/C14H21NO/c1-9-4-6-13(14(16-3)10(9)2)12-7-5-11(12)8-15/h4,6,11-12H,5,7-8,15H2,1-3H3. The number of hydrogen-bond donors (Lipinski definition) is 1. The van der Waals surface area contributed by atoms with Gasteiger partial charge in [-0.25, -0.2) is 0 Å². The maximum atomic E-state index is 5.78. The molecule has 0 heterocycles. The van der Waals surface area contributed by atoms with Gasteiger partial charge in [-0.15, -0.1) is 0 Å². The van der Waals surface area contributed by atoms with E-state index in [1.165, 1.54) is 29.5 Å². The molecule has 1 aromatic carbocycles. The minimum Gasteiger partial charge on any atom is -0.496 e. The van der Waals surface area contributed by atoms with Crippen LogP contribution in [0.25, 0.3) is 0 Å². The first kappa shape index (κ1) is 11.5. The predicted octanol–water partition coefficient (Wildman–Crippen LogP) is 2.76. The van der Waals surface area contributed by atoms with E-state index in [0.29, 0.717) is 11.8 Å². The lowest BCUT2D eigenvalue weighted by atomic mass is 9.69. The van der Waals surface area contributed by atoms with E-state index in [9.17, 15) is 0 Å². The molecule has 0 aliphatic heterocycles. The van der Waals surface area contributed by atoms with E-state index in [1.54, 1.807) is 7.11 Å². The lowest BCUT2D eigenvalue weighted by Crippen LogP contribution is -2.30. The Morgan fingerprint density at radius 3 is 2.56 bits per heavy atom. The van der Waals surface area contributed by atoms with Gasteiger partial charge >= 0.3 is 0 Å². The molecular weight excluding hydrogens is 198 g/mol. The van der Waals surface area contributed by atoms with Crippen molar-refractivity contribution < 1.29 is 4.74 Å². The molecule has 2 atom stereocenters. The van der Waals surface area contributed by atoms with Gasteiger partial charge in [0.1, 0.15) is 5.75 Å². The van der Waals surface area contributed by atoms with E-state index in [1.807, 2.05) is 0 Å². The van der Waals surface area contributed by atoms with Crippen molar-refractivity contribution in [3.8, 4) is 5.75 Å². The van der Waals surface area contributed by atoms with Crippen LogP contribution in [0.1, 0.15) is 35.4 Å². The number of methoxy groups -OCH3 is 1. The Morgan fingerprint density at radius 2 is 2.06 bits per heavy atom. The van der Waals surface area contributed by atoms with Gasteiger partial charge in [0.15, 0.2) is 0 Å². The molecule has 16 heavy (non-hydrogen) atoms.